The largest absolute Gasteiger partial charge is 0.310 e. The summed E-state index contributed by atoms with van der Waals surface area (Å²) < 4.78 is 2.01. The number of hydrogen-bond acceptors (Lipinski definition) is 3. The molecule has 116 valence electrons. The Balaban J connectivity index is 1.49. The molecule has 0 radical (unpaired) electrons. The Hall–Kier alpha value is -0.970. The van der Waals surface area contributed by atoms with E-state index in [-0.39, 0.29) is 5.91 Å². The van der Waals surface area contributed by atoms with Crippen molar-refractivity contribution in [2.45, 2.75) is 69.1 Å². The van der Waals surface area contributed by atoms with Gasteiger partial charge in [0.1, 0.15) is 5.82 Å². The maximum atomic E-state index is 12.1. The van der Waals surface area contributed by atoms with Crippen molar-refractivity contribution >= 4 is 23.5 Å². The third-order valence-corrected chi connectivity index (χ3v) is 5.98. The molecule has 2 fully saturated rings. The van der Waals surface area contributed by atoms with Crippen LogP contribution in [0.3, 0.4) is 0 Å². The zero-order valence-electron chi connectivity index (χ0n) is 12.6. The van der Waals surface area contributed by atoms with Gasteiger partial charge in [0.25, 0.3) is 0 Å². The Kier molecular flexibility index (Phi) is 5.22. The predicted octanol–water partition coefficient (Wildman–Crippen LogP) is 4.00. The van der Waals surface area contributed by atoms with Crippen molar-refractivity contribution in [2.24, 2.45) is 0 Å². The first-order valence-corrected chi connectivity index (χ1v) is 9.33. The molecule has 0 saturated heterocycles. The van der Waals surface area contributed by atoms with Crippen molar-refractivity contribution in [1.29, 1.82) is 0 Å². The van der Waals surface area contributed by atoms with Gasteiger partial charge in [0.15, 0.2) is 0 Å². The molecule has 4 nitrogen and oxygen atoms in total. The van der Waals surface area contributed by atoms with Gasteiger partial charge in [-0.2, -0.15) is 5.10 Å². The number of carbonyl (C=O) groups excluding carboxylic acids is 1. The van der Waals surface area contributed by atoms with Gasteiger partial charge in [0, 0.05) is 11.3 Å². The highest BCUT2D eigenvalue weighted by Gasteiger charge is 2.21. The molecule has 0 aliphatic heterocycles. The summed E-state index contributed by atoms with van der Waals surface area (Å²) in [4.78, 5) is 12.1. The number of carbonyl (C=O) groups is 1. The smallest absolute Gasteiger partial charge is 0.235 e. The fourth-order valence-corrected chi connectivity index (χ4v) is 4.58. The fraction of sp³-hybridized carbons (Fsp3) is 0.750. The second-order valence-electron chi connectivity index (χ2n) is 6.22. The van der Waals surface area contributed by atoms with Crippen LogP contribution in [0.2, 0.25) is 0 Å². The molecule has 2 saturated carbocycles. The minimum atomic E-state index is 0.116. The number of aromatic nitrogens is 2. The molecule has 21 heavy (non-hydrogen) atoms. The lowest BCUT2D eigenvalue weighted by molar-refractivity contribution is -0.113. The SMILES string of the molecule is O=C(CSC1CCCCC1)Nc1ccnn1C1CCCC1. The number of anilines is 1. The van der Waals surface area contributed by atoms with E-state index in [4.69, 9.17) is 0 Å². The number of nitrogens with one attached hydrogen (secondary N) is 1. The third kappa shape index (κ3) is 4.02. The molecule has 0 unspecified atom stereocenters. The van der Waals surface area contributed by atoms with Gasteiger partial charge < -0.3 is 5.32 Å². The topological polar surface area (TPSA) is 46.9 Å². The summed E-state index contributed by atoms with van der Waals surface area (Å²) >= 11 is 1.82. The summed E-state index contributed by atoms with van der Waals surface area (Å²) in [6.07, 6.45) is 13.3. The molecule has 0 atom stereocenters. The minimum Gasteiger partial charge on any atom is -0.310 e. The molecule has 5 heteroatoms. The van der Waals surface area contributed by atoms with Crippen molar-refractivity contribution < 1.29 is 4.79 Å². The van der Waals surface area contributed by atoms with Crippen LogP contribution in [-0.2, 0) is 4.79 Å². The fourth-order valence-electron chi connectivity index (χ4n) is 3.46. The van der Waals surface area contributed by atoms with Crippen molar-refractivity contribution in [3.05, 3.63) is 12.3 Å². The van der Waals surface area contributed by atoms with Gasteiger partial charge in [0.05, 0.1) is 18.0 Å². The molecule has 1 amide bonds. The van der Waals surface area contributed by atoms with Crippen LogP contribution in [0.5, 0.6) is 0 Å². The lowest BCUT2D eigenvalue weighted by atomic mass is 10.0. The molecule has 1 aromatic heterocycles. The number of thioether (sulfide) groups is 1. The lowest BCUT2D eigenvalue weighted by Crippen LogP contribution is -2.21. The standard InChI is InChI=1S/C16H25N3OS/c20-16(12-21-14-8-2-1-3-9-14)18-15-10-11-17-19(15)13-6-4-5-7-13/h10-11,13-14H,1-9,12H2,(H,18,20). The first-order chi connectivity index (χ1) is 10.3. The Morgan fingerprint density at radius 3 is 2.67 bits per heavy atom. The van der Waals surface area contributed by atoms with Crippen LogP contribution in [-0.4, -0.2) is 26.7 Å². The number of nitrogens with zero attached hydrogens (tertiary/aromatic N) is 2. The second-order valence-corrected chi connectivity index (χ2v) is 7.51. The van der Waals surface area contributed by atoms with E-state index in [9.17, 15) is 4.79 Å². The molecule has 3 rings (SSSR count). The number of hydrogen-bond donors (Lipinski definition) is 1. The maximum absolute atomic E-state index is 12.1. The monoisotopic (exact) mass is 307 g/mol. The maximum Gasteiger partial charge on any atom is 0.235 e. The van der Waals surface area contributed by atoms with Gasteiger partial charge in [-0.1, -0.05) is 32.1 Å². The van der Waals surface area contributed by atoms with Crippen molar-refractivity contribution in [2.75, 3.05) is 11.1 Å². The minimum absolute atomic E-state index is 0.116. The van der Waals surface area contributed by atoms with E-state index in [1.807, 2.05) is 22.5 Å². The van der Waals surface area contributed by atoms with Crippen LogP contribution in [0.25, 0.3) is 0 Å². The van der Waals surface area contributed by atoms with Crippen molar-refractivity contribution in [3.8, 4) is 0 Å². The summed E-state index contributed by atoms with van der Waals surface area (Å²) in [5.74, 6) is 1.56. The van der Waals surface area contributed by atoms with Gasteiger partial charge in [0.2, 0.25) is 5.91 Å². The summed E-state index contributed by atoms with van der Waals surface area (Å²) in [5, 5.41) is 8.13. The highest BCUT2D eigenvalue weighted by molar-refractivity contribution is 8.00. The van der Waals surface area contributed by atoms with Crippen LogP contribution in [0.4, 0.5) is 5.82 Å². The molecule has 2 aliphatic carbocycles. The van der Waals surface area contributed by atoms with Gasteiger partial charge in [-0.05, 0) is 25.7 Å². The van der Waals surface area contributed by atoms with Gasteiger partial charge in [-0.25, -0.2) is 4.68 Å². The van der Waals surface area contributed by atoms with Crippen LogP contribution in [0, 0.1) is 0 Å². The van der Waals surface area contributed by atoms with Crippen molar-refractivity contribution in [3.63, 3.8) is 0 Å². The molecule has 1 aromatic rings. The average molecular weight is 307 g/mol. The summed E-state index contributed by atoms with van der Waals surface area (Å²) in [7, 11) is 0. The second kappa shape index (κ2) is 7.34. The first-order valence-electron chi connectivity index (χ1n) is 8.28. The molecule has 1 heterocycles. The zero-order chi connectivity index (χ0) is 14.5. The van der Waals surface area contributed by atoms with E-state index in [2.05, 4.69) is 10.4 Å². The van der Waals surface area contributed by atoms with E-state index in [1.165, 1.54) is 57.8 Å². The molecular weight excluding hydrogens is 282 g/mol. The van der Waals surface area contributed by atoms with E-state index >= 15 is 0 Å². The Morgan fingerprint density at radius 2 is 1.90 bits per heavy atom. The Labute approximate surface area is 131 Å². The quantitative estimate of drug-likeness (QED) is 0.894. The molecular formula is C16H25N3OS. The summed E-state index contributed by atoms with van der Waals surface area (Å²) in [6.45, 7) is 0. The van der Waals surface area contributed by atoms with Gasteiger partial charge >= 0.3 is 0 Å². The number of rotatable bonds is 5. The Morgan fingerprint density at radius 1 is 1.19 bits per heavy atom. The lowest BCUT2D eigenvalue weighted by Gasteiger charge is -2.20. The van der Waals surface area contributed by atoms with E-state index in [0.717, 1.165) is 5.82 Å². The third-order valence-electron chi connectivity index (χ3n) is 4.61. The van der Waals surface area contributed by atoms with Crippen LogP contribution < -0.4 is 5.32 Å². The van der Waals surface area contributed by atoms with E-state index < -0.39 is 0 Å². The predicted molar refractivity (Wildman–Crippen MR) is 87.7 cm³/mol. The highest BCUT2D eigenvalue weighted by Crippen LogP contribution is 2.31. The van der Waals surface area contributed by atoms with Gasteiger partial charge in [-0.15, -0.1) is 11.8 Å². The molecule has 0 aromatic carbocycles. The van der Waals surface area contributed by atoms with Crippen LogP contribution in [0.15, 0.2) is 12.3 Å². The highest BCUT2D eigenvalue weighted by atomic mass is 32.2. The average Bonchev–Trinajstić information content (AvgIpc) is 3.17. The molecule has 0 spiro atoms. The van der Waals surface area contributed by atoms with E-state index in [0.29, 0.717) is 17.0 Å². The Bertz CT molecular complexity index is 462. The normalized spacial score (nSPS) is 20.8. The summed E-state index contributed by atoms with van der Waals surface area (Å²) in [6, 6.07) is 2.39. The first kappa shape index (κ1) is 14.9. The van der Waals surface area contributed by atoms with E-state index in [1.54, 1.807) is 6.20 Å². The number of amides is 1. The zero-order valence-corrected chi connectivity index (χ0v) is 13.4. The van der Waals surface area contributed by atoms with Gasteiger partial charge in [-0.3, -0.25) is 4.79 Å². The molecule has 1 N–H and O–H groups in total. The molecule has 0 bridgehead atoms. The molecule has 2 aliphatic rings. The summed E-state index contributed by atoms with van der Waals surface area (Å²) in [5.41, 5.74) is 0. The van der Waals surface area contributed by atoms with Crippen molar-refractivity contribution in [1.82, 2.24) is 9.78 Å². The van der Waals surface area contributed by atoms with Crippen LogP contribution >= 0.6 is 11.8 Å². The van der Waals surface area contributed by atoms with Crippen LogP contribution in [0.1, 0.15) is 63.8 Å².